The molecule has 0 amide bonds. The van der Waals surface area contributed by atoms with Crippen LogP contribution < -0.4 is 11.2 Å². The fourth-order valence-electron chi connectivity index (χ4n) is 2.81. The van der Waals surface area contributed by atoms with Gasteiger partial charge in [-0.25, -0.2) is 9.78 Å². The minimum absolute atomic E-state index is 0.412. The van der Waals surface area contributed by atoms with Gasteiger partial charge < -0.3 is 5.11 Å². The molecule has 3 heterocycles. The zero-order valence-electron chi connectivity index (χ0n) is 12.2. The number of thiazole rings is 1. The van der Waals surface area contributed by atoms with Crippen LogP contribution in [-0.4, -0.2) is 43.2 Å². The van der Waals surface area contributed by atoms with Crippen LogP contribution in [0.3, 0.4) is 0 Å². The average Bonchev–Trinajstić information content (AvgIpc) is 2.94. The van der Waals surface area contributed by atoms with Crippen LogP contribution in [0.2, 0.25) is 0 Å². The largest absolute Gasteiger partial charge is 0.388 e. The number of hydrogen-bond acceptors (Lipinski definition) is 6. The maximum Gasteiger partial charge on any atom is 0.328 e. The van der Waals surface area contributed by atoms with Gasteiger partial charge in [0.05, 0.1) is 18.2 Å². The number of aliphatic hydroxyl groups is 1. The van der Waals surface area contributed by atoms with E-state index < -0.39 is 22.9 Å². The van der Waals surface area contributed by atoms with Gasteiger partial charge in [-0.1, -0.05) is 0 Å². The molecule has 2 aromatic rings. The molecule has 1 saturated heterocycles. The Morgan fingerprint density at radius 3 is 3.05 bits per heavy atom. The lowest BCUT2D eigenvalue weighted by molar-refractivity contribution is -0.0542. The quantitative estimate of drug-likeness (QED) is 0.842. The Morgan fingerprint density at radius 2 is 2.36 bits per heavy atom. The fourth-order valence-corrected chi connectivity index (χ4v) is 3.47. The summed E-state index contributed by atoms with van der Waals surface area (Å²) in [6.45, 7) is 3.69. The normalized spacial score (nSPS) is 26.2. The first kappa shape index (κ1) is 15.1. The summed E-state index contributed by atoms with van der Waals surface area (Å²) in [6, 6.07) is 0.891. The second kappa shape index (κ2) is 5.79. The first-order valence-corrected chi connectivity index (χ1v) is 7.98. The van der Waals surface area contributed by atoms with Crippen molar-refractivity contribution in [3.63, 3.8) is 0 Å². The van der Waals surface area contributed by atoms with E-state index >= 15 is 0 Å². The topological polar surface area (TPSA) is 91.2 Å². The molecule has 0 unspecified atom stereocenters. The summed E-state index contributed by atoms with van der Waals surface area (Å²) in [5.41, 5.74) is -1.92. The lowest BCUT2D eigenvalue weighted by Gasteiger charge is -2.42. The molecule has 0 bridgehead atoms. The van der Waals surface area contributed by atoms with Crippen LogP contribution in [0, 0.1) is 0 Å². The number of rotatable bonds is 3. The summed E-state index contributed by atoms with van der Waals surface area (Å²) in [6.07, 6.45) is 3.77. The van der Waals surface area contributed by atoms with Gasteiger partial charge in [0.2, 0.25) is 0 Å². The number of aromatic amines is 1. The Bertz CT molecular complexity index is 750. The molecule has 118 valence electrons. The Balaban J connectivity index is 1.86. The predicted octanol–water partition coefficient (Wildman–Crippen LogP) is 0.191. The van der Waals surface area contributed by atoms with E-state index in [-0.39, 0.29) is 0 Å². The number of H-pyrrole nitrogens is 1. The Kier molecular flexibility index (Phi) is 3.98. The summed E-state index contributed by atoms with van der Waals surface area (Å²) in [4.78, 5) is 31.9. The molecular formula is C14H18N4O3S. The van der Waals surface area contributed by atoms with Gasteiger partial charge in [0.1, 0.15) is 5.01 Å². The standard InChI is InChI=1S/C14H18N4O3S/c1-14(21)3-6-17(9-12-15-4-7-22-12)8-10(14)18-5-2-11(19)16-13(18)20/h2,4-5,7,10,21H,3,6,8-9H2,1H3,(H,16,19,20)/t10-,14-/m1/s1. The molecule has 0 spiro atoms. The molecule has 1 aliphatic rings. The van der Waals surface area contributed by atoms with E-state index in [1.165, 1.54) is 16.8 Å². The molecule has 1 aliphatic heterocycles. The predicted molar refractivity (Wildman–Crippen MR) is 83.0 cm³/mol. The Labute approximate surface area is 130 Å². The van der Waals surface area contributed by atoms with Gasteiger partial charge >= 0.3 is 5.69 Å². The van der Waals surface area contributed by atoms with Crippen LogP contribution in [0.4, 0.5) is 0 Å². The summed E-state index contributed by atoms with van der Waals surface area (Å²) in [5, 5.41) is 13.6. The van der Waals surface area contributed by atoms with Crippen molar-refractivity contribution in [1.29, 1.82) is 0 Å². The van der Waals surface area contributed by atoms with E-state index in [4.69, 9.17) is 0 Å². The van der Waals surface area contributed by atoms with Crippen molar-refractivity contribution in [2.75, 3.05) is 13.1 Å². The second-order valence-electron chi connectivity index (χ2n) is 5.80. The number of aromatic nitrogens is 3. The maximum atomic E-state index is 12.0. The number of piperidine rings is 1. The van der Waals surface area contributed by atoms with Crippen molar-refractivity contribution >= 4 is 11.3 Å². The molecule has 2 aromatic heterocycles. The van der Waals surface area contributed by atoms with E-state index in [1.54, 1.807) is 24.5 Å². The van der Waals surface area contributed by atoms with Gasteiger partial charge in [-0.3, -0.25) is 19.2 Å². The Morgan fingerprint density at radius 1 is 1.55 bits per heavy atom. The third-order valence-electron chi connectivity index (χ3n) is 4.11. The van der Waals surface area contributed by atoms with Crippen molar-refractivity contribution in [2.24, 2.45) is 0 Å². The molecule has 1 fully saturated rings. The molecule has 7 nitrogen and oxygen atoms in total. The number of nitrogens with one attached hydrogen (secondary N) is 1. The summed E-state index contributed by atoms with van der Waals surface area (Å²) >= 11 is 1.59. The van der Waals surface area contributed by atoms with E-state index in [2.05, 4.69) is 14.9 Å². The summed E-state index contributed by atoms with van der Waals surface area (Å²) in [5.74, 6) is 0. The third kappa shape index (κ3) is 3.03. The van der Waals surface area contributed by atoms with Crippen LogP contribution in [-0.2, 0) is 6.54 Å². The molecule has 2 atom stereocenters. The Hall–Kier alpha value is -1.77. The minimum Gasteiger partial charge on any atom is -0.388 e. The highest BCUT2D eigenvalue weighted by atomic mass is 32.1. The highest BCUT2D eigenvalue weighted by Gasteiger charge is 2.39. The van der Waals surface area contributed by atoms with Crippen molar-refractivity contribution < 1.29 is 5.11 Å². The van der Waals surface area contributed by atoms with E-state index in [1.807, 2.05) is 5.38 Å². The molecule has 0 radical (unpaired) electrons. The molecule has 2 N–H and O–H groups in total. The molecule has 8 heteroatoms. The highest BCUT2D eigenvalue weighted by Crippen LogP contribution is 2.31. The third-order valence-corrected chi connectivity index (χ3v) is 4.88. The van der Waals surface area contributed by atoms with Crippen LogP contribution in [0.25, 0.3) is 0 Å². The highest BCUT2D eigenvalue weighted by molar-refractivity contribution is 7.09. The minimum atomic E-state index is -0.999. The van der Waals surface area contributed by atoms with Crippen molar-refractivity contribution in [3.05, 3.63) is 49.7 Å². The van der Waals surface area contributed by atoms with Crippen molar-refractivity contribution in [3.8, 4) is 0 Å². The van der Waals surface area contributed by atoms with Gasteiger partial charge in [-0.05, 0) is 13.3 Å². The number of nitrogens with zero attached hydrogens (tertiary/aromatic N) is 3. The monoisotopic (exact) mass is 322 g/mol. The average molecular weight is 322 g/mol. The zero-order valence-corrected chi connectivity index (χ0v) is 13.0. The molecule has 0 saturated carbocycles. The summed E-state index contributed by atoms with van der Waals surface area (Å²) < 4.78 is 1.41. The molecule has 3 rings (SSSR count). The molecule has 0 aliphatic carbocycles. The van der Waals surface area contributed by atoms with Gasteiger partial charge in [-0.2, -0.15) is 0 Å². The van der Waals surface area contributed by atoms with Crippen LogP contribution in [0.5, 0.6) is 0 Å². The SMILES string of the molecule is C[C@@]1(O)CCN(Cc2nccs2)C[C@H]1n1ccc(=O)[nH]c1=O. The zero-order chi connectivity index (χ0) is 15.7. The fraction of sp³-hybridized carbons (Fsp3) is 0.500. The van der Waals surface area contributed by atoms with E-state index in [9.17, 15) is 14.7 Å². The van der Waals surface area contributed by atoms with Gasteiger partial charge in [0, 0.05) is 36.9 Å². The number of likely N-dealkylation sites (tertiary alicyclic amines) is 1. The van der Waals surface area contributed by atoms with Crippen LogP contribution in [0.15, 0.2) is 33.4 Å². The van der Waals surface area contributed by atoms with Gasteiger partial charge in [0.15, 0.2) is 0 Å². The lowest BCUT2D eigenvalue weighted by atomic mass is 9.88. The van der Waals surface area contributed by atoms with E-state index in [0.717, 1.165) is 11.6 Å². The van der Waals surface area contributed by atoms with Crippen LogP contribution >= 0.6 is 11.3 Å². The molecular weight excluding hydrogens is 304 g/mol. The molecule has 0 aromatic carbocycles. The maximum absolute atomic E-state index is 12.0. The van der Waals surface area contributed by atoms with Crippen molar-refractivity contribution in [1.82, 2.24) is 19.4 Å². The first-order chi connectivity index (χ1) is 10.5. The van der Waals surface area contributed by atoms with Crippen LogP contribution in [0.1, 0.15) is 24.4 Å². The number of hydrogen-bond donors (Lipinski definition) is 2. The van der Waals surface area contributed by atoms with Gasteiger partial charge in [0.25, 0.3) is 5.56 Å². The van der Waals surface area contributed by atoms with Crippen molar-refractivity contribution in [2.45, 2.75) is 31.5 Å². The lowest BCUT2D eigenvalue weighted by Crippen LogP contribution is -2.53. The smallest absolute Gasteiger partial charge is 0.328 e. The summed E-state index contributed by atoms with van der Waals surface area (Å²) in [7, 11) is 0. The second-order valence-corrected chi connectivity index (χ2v) is 6.78. The molecule has 22 heavy (non-hydrogen) atoms. The van der Waals surface area contributed by atoms with Gasteiger partial charge in [-0.15, -0.1) is 11.3 Å². The first-order valence-electron chi connectivity index (χ1n) is 7.10. The van der Waals surface area contributed by atoms with E-state index in [0.29, 0.717) is 19.5 Å².